The highest BCUT2D eigenvalue weighted by Crippen LogP contribution is 2.34. The summed E-state index contributed by atoms with van der Waals surface area (Å²) in [6.45, 7) is 5.53. The highest BCUT2D eigenvalue weighted by Gasteiger charge is 2.40. The second-order valence-corrected chi connectivity index (χ2v) is 4.98. The summed E-state index contributed by atoms with van der Waals surface area (Å²) in [5, 5.41) is 3.46. The molecule has 1 saturated carbocycles. The van der Waals surface area contributed by atoms with Crippen LogP contribution in [-0.4, -0.2) is 49.3 Å². The molecule has 0 atom stereocenters. The summed E-state index contributed by atoms with van der Waals surface area (Å²) in [4.78, 5) is 2.66. The Bertz CT molecular complexity index is 199. The van der Waals surface area contributed by atoms with Crippen molar-refractivity contribution < 1.29 is 4.74 Å². The van der Waals surface area contributed by atoms with Crippen molar-refractivity contribution in [3.63, 3.8) is 0 Å². The van der Waals surface area contributed by atoms with Gasteiger partial charge in [0.2, 0.25) is 0 Å². The van der Waals surface area contributed by atoms with E-state index < -0.39 is 0 Å². The smallest absolute Gasteiger partial charge is 0.0831 e. The van der Waals surface area contributed by atoms with Gasteiger partial charge in [-0.25, -0.2) is 0 Å². The molecule has 0 radical (unpaired) electrons. The molecule has 0 aromatic heterocycles. The van der Waals surface area contributed by atoms with Gasteiger partial charge in [0, 0.05) is 32.2 Å². The van der Waals surface area contributed by atoms with Gasteiger partial charge in [-0.3, -0.25) is 0 Å². The van der Waals surface area contributed by atoms with Crippen LogP contribution in [-0.2, 0) is 4.74 Å². The Balaban J connectivity index is 1.57. The maximum atomic E-state index is 5.97. The average Bonchev–Trinajstić information content (AvgIpc) is 3.04. The lowest BCUT2D eigenvalue weighted by Gasteiger charge is -2.44. The summed E-state index contributed by atoms with van der Waals surface area (Å²) >= 11 is 0. The van der Waals surface area contributed by atoms with Gasteiger partial charge in [0.1, 0.15) is 0 Å². The Labute approximate surface area is 85.8 Å². The van der Waals surface area contributed by atoms with Crippen molar-refractivity contribution in [1.82, 2.24) is 10.2 Å². The van der Waals surface area contributed by atoms with Crippen LogP contribution in [0.4, 0.5) is 0 Å². The molecular weight excluding hydrogens is 176 g/mol. The predicted octanol–water partition coefficient (Wildman–Crippen LogP) is 0.603. The zero-order chi connectivity index (χ0) is 9.43. The minimum Gasteiger partial charge on any atom is -0.372 e. The van der Waals surface area contributed by atoms with E-state index in [1.165, 1.54) is 38.8 Å². The quantitative estimate of drug-likeness (QED) is 0.665. The van der Waals surface area contributed by atoms with E-state index in [0.29, 0.717) is 0 Å². The van der Waals surface area contributed by atoms with Crippen LogP contribution in [0.2, 0.25) is 0 Å². The van der Waals surface area contributed by atoms with Gasteiger partial charge in [-0.05, 0) is 25.7 Å². The van der Waals surface area contributed by atoms with Gasteiger partial charge in [0.15, 0.2) is 0 Å². The number of hydrogen-bond donors (Lipinski definition) is 1. The predicted molar refractivity (Wildman–Crippen MR) is 55.4 cm³/mol. The van der Waals surface area contributed by atoms with E-state index >= 15 is 0 Å². The molecule has 2 heterocycles. The number of piperidine rings is 1. The van der Waals surface area contributed by atoms with Crippen LogP contribution in [0.25, 0.3) is 0 Å². The van der Waals surface area contributed by atoms with Gasteiger partial charge in [0.25, 0.3) is 0 Å². The molecule has 0 unspecified atom stereocenters. The van der Waals surface area contributed by atoms with Crippen LogP contribution >= 0.6 is 0 Å². The normalized spacial score (nSPS) is 33.4. The van der Waals surface area contributed by atoms with Crippen molar-refractivity contribution in [1.29, 1.82) is 0 Å². The van der Waals surface area contributed by atoms with E-state index in [1.807, 2.05) is 0 Å². The van der Waals surface area contributed by atoms with E-state index in [0.717, 1.165) is 25.7 Å². The SMILES string of the molecule is C1COC2(CCN(C3CC3)CC2)CN1. The molecule has 14 heavy (non-hydrogen) atoms. The number of morpholine rings is 1. The first-order valence-corrected chi connectivity index (χ1v) is 5.97. The summed E-state index contributed by atoms with van der Waals surface area (Å²) in [5.41, 5.74) is 0.198. The lowest BCUT2D eigenvalue weighted by Crippen LogP contribution is -2.55. The third-order valence-electron chi connectivity index (χ3n) is 3.91. The van der Waals surface area contributed by atoms with Gasteiger partial charge in [-0.1, -0.05) is 0 Å². The number of nitrogens with zero attached hydrogens (tertiary/aromatic N) is 1. The van der Waals surface area contributed by atoms with Crippen LogP contribution in [0.1, 0.15) is 25.7 Å². The van der Waals surface area contributed by atoms with Crippen LogP contribution < -0.4 is 5.32 Å². The van der Waals surface area contributed by atoms with Crippen LogP contribution in [0.5, 0.6) is 0 Å². The fourth-order valence-corrected chi connectivity index (χ4v) is 2.76. The summed E-state index contributed by atoms with van der Waals surface area (Å²) in [5.74, 6) is 0. The molecule has 0 aromatic rings. The molecule has 3 rings (SSSR count). The molecule has 3 nitrogen and oxygen atoms in total. The van der Waals surface area contributed by atoms with Crippen molar-refractivity contribution in [3.05, 3.63) is 0 Å². The lowest BCUT2D eigenvalue weighted by atomic mass is 9.90. The fraction of sp³-hybridized carbons (Fsp3) is 1.00. The van der Waals surface area contributed by atoms with Gasteiger partial charge in [-0.2, -0.15) is 0 Å². The number of hydrogen-bond acceptors (Lipinski definition) is 3. The Kier molecular flexibility index (Phi) is 2.26. The molecule has 1 N–H and O–H groups in total. The monoisotopic (exact) mass is 196 g/mol. The summed E-state index contributed by atoms with van der Waals surface area (Å²) in [6, 6.07) is 0.934. The van der Waals surface area contributed by atoms with E-state index in [2.05, 4.69) is 10.2 Å². The first kappa shape index (κ1) is 9.13. The molecule has 0 aromatic carbocycles. The molecule has 0 bridgehead atoms. The molecule has 3 heteroatoms. The van der Waals surface area contributed by atoms with Crippen molar-refractivity contribution >= 4 is 0 Å². The first-order chi connectivity index (χ1) is 6.88. The van der Waals surface area contributed by atoms with Crippen molar-refractivity contribution in [2.24, 2.45) is 0 Å². The second kappa shape index (κ2) is 3.47. The molecular formula is C11H20N2O. The van der Waals surface area contributed by atoms with Crippen LogP contribution in [0.3, 0.4) is 0 Å². The van der Waals surface area contributed by atoms with E-state index in [4.69, 9.17) is 4.74 Å². The molecule has 1 aliphatic carbocycles. The zero-order valence-electron chi connectivity index (χ0n) is 8.80. The van der Waals surface area contributed by atoms with Gasteiger partial charge < -0.3 is 15.0 Å². The average molecular weight is 196 g/mol. The van der Waals surface area contributed by atoms with E-state index in [9.17, 15) is 0 Å². The Morgan fingerprint density at radius 2 is 2.00 bits per heavy atom. The van der Waals surface area contributed by atoms with Gasteiger partial charge in [-0.15, -0.1) is 0 Å². The topological polar surface area (TPSA) is 24.5 Å². The number of ether oxygens (including phenoxy) is 1. The Morgan fingerprint density at radius 1 is 1.21 bits per heavy atom. The molecule has 1 spiro atoms. The maximum absolute atomic E-state index is 5.97. The zero-order valence-corrected chi connectivity index (χ0v) is 8.80. The van der Waals surface area contributed by atoms with Crippen molar-refractivity contribution in [3.8, 4) is 0 Å². The van der Waals surface area contributed by atoms with Crippen LogP contribution in [0, 0.1) is 0 Å². The lowest BCUT2D eigenvalue weighted by molar-refractivity contribution is -0.100. The van der Waals surface area contributed by atoms with E-state index in [1.54, 1.807) is 0 Å². The van der Waals surface area contributed by atoms with Gasteiger partial charge in [0.05, 0.1) is 12.2 Å². The minimum atomic E-state index is 0.198. The summed E-state index contributed by atoms with van der Waals surface area (Å²) < 4.78 is 5.97. The highest BCUT2D eigenvalue weighted by atomic mass is 16.5. The Morgan fingerprint density at radius 3 is 2.57 bits per heavy atom. The van der Waals surface area contributed by atoms with Gasteiger partial charge >= 0.3 is 0 Å². The third kappa shape index (κ3) is 1.69. The van der Waals surface area contributed by atoms with Crippen molar-refractivity contribution in [2.75, 3.05) is 32.8 Å². The first-order valence-electron chi connectivity index (χ1n) is 5.97. The molecule has 2 saturated heterocycles. The molecule has 3 fully saturated rings. The van der Waals surface area contributed by atoms with E-state index in [-0.39, 0.29) is 5.60 Å². The molecule has 3 aliphatic rings. The maximum Gasteiger partial charge on any atom is 0.0831 e. The molecule has 80 valence electrons. The number of nitrogens with one attached hydrogen (secondary N) is 1. The molecule has 2 aliphatic heterocycles. The fourth-order valence-electron chi connectivity index (χ4n) is 2.76. The summed E-state index contributed by atoms with van der Waals surface area (Å²) in [7, 11) is 0. The standard InChI is InChI=1S/C11H20N2O/c1-2-10(1)13-6-3-11(4-7-13)9-12-5-8-14-11/h10,12H,1-9H2. The van der Waals surface area contributed by atoms with Crippen molar-refractivity contribution in [2.45, 2.75) is 37.3 Å². The molecule has 0 amide bonds. The number of likely N-dealkylation sites (tertiary alicyclic amines) is 1. The third-order valence-corrected chi connectivity index (χ3v) is 3.91. The van der Waals surface area contributed by atoms with Crippen LogP contribution in [0.15, 0.2) is 0 Å². The highest BCUT2D eigenvalue weighted by molar-refractivity contribution is 4.95. The largest absolute Gasteiger partial charge is 0.372 e. The summed E-state index contributed by atoms with van der Waals surface area (Å²) in [6.07, 6.45) is 5.34. The number of rotatable bonds is 1. The Hall–Kier alpha value is -0.120. The second-order valence-electron chi connectivity index (χ2n) is 4.98. The minimum absolute atomic E-state index is 0.198.